The van der Waals surface area contributed by atoms with Crippen molar-refractivity contribution in [2.45, 2.75) is 32.3 Å². The van der Waals surface area contributed by atoms with Crippen LogP contribution in [-0.4, -0.2) is 48.3 Å². The fourth-order valence-corrected chi connectivity index (χ4v) is 2.53. The Bertz CT molecular complexity index is 249. The zero-order chi connectivity index (χ0) is 11.5. The fraction of sp³-hybridized carbons (Fsp3) is 0.917. The third-order valence-corrected chi connectivity index (χ3v) is 3.82. The number of carbonyl (C=O) groups excluding carboxylic acids is 1. The van der Waals surface area contributed by atoms with Crippen LogP contribution in [-0.2, 0) is 9.53 Å². The maximum atomic E-state index is 12.1. The Hall–Kier alpha value is -0.610. The number of likely N-dealkylation sites (tertiary alicyclic amines) is 1. The van der Waals surface area contributed by atoms with Crippen LogP contribution in [0.5, 0.6) is 0 Å². The van der Waals surface area contributed by atoms with Crippen LogP contribution in [0.25, 0.3) is 0 Å². The first-order valence-corrected chi connectivity index (χ1v) is 6.23. The molecule has 16 heavy (non-hydrogen) atoms. The van der Waals surface area contributed by atoms with E-state index in [1.165, 1.54) is 0 Å². The largest absolute Gasteiger partial charge is 0.396 e. The SMILES string of the molecule is CC1CCOC1C(=O)N1CCC(CO)CC1. The molecule has 2 unspecified atom stereocenters. The number of hydrogen-bond acceptors (Lipinski definition) is 3. The molecule has 0 aromatic carbocycles. The summed E-state index contributed by atoms with van der Waals surface area (Å²) in [5, 5.41) is 9.04. The van der Waals surface area contributed by atoms with Gasteiger partial charge in [-0.2, -0.15) is 0 Å². The van der Waals surface area contributed by atoms with E-state index in [-0.39, 0.29) is 18.6 Å². The summed E-state index contributed by atoms with van der Waals surface area (Å²) in [5.41, 5.74) is 0. The van der Waals surface area contributed by atoms with E-state index >= 15 is 0 Å². The lowest BCUT2D eigenvalue weighted by Crippen LogP contribution is -2.45. The lowest BCUT2D eigenvalue weighted by Gasteiger charge is -2.33. The first kappa shape index (κ1) is 11.9. The van der Waals surface area contributed by atoms with E-state index in [1.807, 2.05) is 4.90 Å². The Morgan fingerprint density at radius 2 is 2.06 bits per heavy atom. The Labute approximate surface area is 96.6 Å². The van der Waals surface area contributed by atoms with Crippen LogP contribution < -0.4 is 0 Å². The van der Waals surface area contributed by atoms with Crippen molar-refractivity contribution >= 4 is 5.91 Å². The fourth-order valence-electron chi connectivity index (χ4n) is 2.53. The van der Waals surface area contributed by atoms with Crippen LogP contribution in [0.2, 0.25) is 0 Å². The predicted octanol–water partition coefficient (Wildman–Crippen LogP) is 0.642. The highest BCUT2D eigenvalue weighted by Crippen LogP contribution is 2.24. The third-order valence-electron chi connectivity index (χ3n) is 3.82. The molecule has 0 aliphatic carbocycles. The van der Waals surface area contributed by atoms with Gasteiger partial charge in [-0.05, 0) is 31.1 Å². The molecular weight excluding hydrogens is 206 g/mol. The van der Waals surface area contributed by atoms with Gasteiger partial charge in [0.25, 0.3) is 5.91 Å². The van der Waals surface area contributed by atoms with Crippen LogP contribution in [0, 0.1) is 11.8 Å². The van der Waals surface area contributed by atoms with Gasteiger partial charge in [0.1, 0.15) is 6.10 Å². The average Bonchev–Trinajstić information content (AvgIpc) is 2.75. The molecule has 4 heteroatoms. The van der Waals surface area contributed by atoms with Gasteiger partial charge in [-0.25, -0.2) is 0 Å². The first-order valence-electron chi connectivity index (χ1n) is 6.23. The number of ether oxygens (including phenoxy) is 1. The van der Waals surface area contributed by atoms with Crippen molar-refractivity contribution in [3.8, 4) is 0 Å². The van der Waals surface area contributed by atoms with Crippen LogP contribution in [0.3, 0.4) is 0 Å². The Kier molecular flexibility index (Phi) is 3.82. The zero-order valence-electron chi connectivity index (χ0n) is 9.89. The molecule has 0 radical (unpaired) electrons. The summed E-state index contributed by atoms with van der Waals surface area (Å²) in [4.78, 5) is 14.0. The van der Waals surface area contributed by atoms with Gasteiger partial charge in [0.2, 0.25) is 0 Å². The second kappa shape index (κ2) is 5.15. The van der Waals surface area contributed by atoms with Gasteiger partial charge in [-0.15, -0.1) is 0 Å². The average molecular weight is 227 g/mol. The second-order valence-corrected chi connectivity index (χ2v) is 5.01. The topological polar surface area (TPSA) is 49.8 Å². The molecule has 92 valence electrons. The molecular formula is C12H21NO3. The minimum Gasteiger partial charge on any atom is -0.396 e. The van der Waals surface area contributed by atoms with Crippen molar-refractivity contribution < 1.29 is 14.6 Å². The van der Waals surface area contributed by atoms with Gasteiger partial charge in [-0.3, -0.25) is 4.79 Å². The number of carbonyl (C=O) groups is 1. The second-order valence-electron chi connectivity index (χ2n) is 5.01. The molecule has 2 heterocycles. The van der Waals surface area contributed by atoms with Gasteiger partial charge in [-0.1, -0.05) is 6.92 Å². The molecule has 1 amide bonds. The van der Waals surface area contributed by atoms with E-state index in [0.29, 0.717) is 18.4 Å². The molecule has 0 aromatic rings. The Morgan fingerprint density at radius 1 is 1.38 bits per heavy atom. The first-order chi connectivity index (χ1) is 7.72. The van der Waals surface area contributed by atoms with E-state index in [0.717, 1.165) is 32.4 Å². The quantitative estimate of drug-likeness (QED) is 0.753. The standard InChI is InChI=1S/C12H21NO3/c1-9-4-7-16-11(9)12(15)13-5-2-10(8-14)3-6-13/h9-11,14H,2-8H2,1H3. The number of aliphatic hydroxyl groups excluding tert-OH is 1. The van der Waals surface area contributed by atoms with E-state index in [4.69, 9.17) is 9.84 Å². The lowest BCUT2D eigenvalue weighted by molar-refractivity contribution is -0.144. The Balaban J connectivity index is 1.86. The molecule has 2 rings (SSSR count). The molecule has 1 N–H and O–H groups in total. The minimum atomic E-state index is -0.217. The maximum Gasteiger partial charge on any atom is 0.251 e. The molecule has 0 bridgehead atoms. The summed E-state index contributed by atoms with van der Waals surface area (Å²) in [6, 6.07) is 0. The van der Waals surface area contributed by atoms with Crippen molar-refractivity contribution in [3.05, 3.63) is 0 Å². The molecule has 0 spiro atoms. The third kappa shape index (κ3) is 2.38. The van der Waals surface area contributed by atoms with Crippen LogP contribution >= 0.6 is 0 Å². The number of hydrogen-bond donors (Lipinski definition) is 1. The van der Waals surface area contributed by atoms with Crippen molar-refractivity contribution in [3.63, 3.8) is 0 Å². The van der Waals surface area contributed by atoms with Crippen LogP contribution in [0.1, 0.15) is 26.2 Å². The van der Waals surface area contributed by atoms with E-state index < -0.39 is 0 Å². The van der Waals surface area contributed by atoms with Crippen LogP contribution in [0.4, 0.5) is 0 Å². The van der Waals surface area contributed by atoms with Gasteiger partial charge in [0.05, 0.1) is 0 Å². The van der Waals surface area contributed by atoms with Crippen molar-refractivity contribution in [2.24, 2.45) is 11.8 Å². The smallest absolute Gasteiger partial charge is 0.251 e. The molecule has 0 saturated carbocycles. The zero-order valence-corrected chi connectivity index (χ0v) is 9.89. The number of nitrogens with zero attached hydrogens (tertiary/aromatic N) is 1. The summed E-state index contributed by atoms with van der Waals surface area (Å²) < 4.78 is 5.49. The minimum absolute atomic E-state index is 0.154. The van der Waals surface area contributed by atoms with Crippen molar-refractivity contribution in [2.75, 3.05) is 26.3 Å². The Morgan fingerprint density at radius 3 is 2.56 bits per heavy atom. The molecule has 2 aliphatic heterocycles. The number of amides is 1. The summed E-state index contributed by atoms with van der Waals surface area (Å²) in [5.74, 6) is 0.885. The van der Waals surface area contributed by atoms with Crippen LogP contribution in [0.15, 0.2) is 0 Å². The summed E-state index contributed by atoms with van der Waals surface area (Å²) in [6.07, 6.45) is 2.61. The highest BCUT2D eigenvalue weighted by molar-refractivity contribution is 5.81. The highest BCUT2D eigenvalue weighted by atomic mass is 16.5. The molecule has 2 aliphatic rings. The number of piperidine rings is 1. The predicted molar refractivity (Wildman–Crippen MR) is 59.9 cm³/mol. The van der Waals surface area contributed by atoms with Gasteiger partial charge in [0, 0.05) is 26.3 Å². The molecule has 2 fully saturated rings. The summed E-state index contributed by atoms with van der Waals surface area (Å²) >= 11 is 0. The monoisotopic (exact) mass is 227 g/mol. The van der Waals surface area contributed by atoms with Crippen molar-refractivity contribution in [1.82, 2.24) is 4.90 Å². The van der Waals surface area contributed by atoms with Gasteiger partial charge >= 0.3 is 0 Å². The summed E-state index contributed by atoms with van der Waals surface area (Å²) in [7, 11) is 0. The number of rotatable bonds is 2. The lowest BCUT2D eigenvalue weighted by atomic mass is 9.96. The summed E-state index contributed by atoms with van der Waals surface area (Å²) in [6.45, 7) is 4.59. The molecule has 0 aromatic heterocycles. The van der Waals surface area contributed by atoms with Crippen molar-refractivity contribution in [1.29, 1.82) is 0 Å². The molecule has 2 atom stereocenters. The van der Waals surface area contributed by atoms with E-state index in [1.54, 1.807) is 0 Å². The highest BCUT2D eigenvalue weighted by Gasteiger charge is 2.35. The molecule has 2 saturated heterocycles. The van der Waals surface area contributed by atoms with Gasteiger partial charge in [0.15, 0.2) is 0 Å². The molecule has 4 nitrogen and oxygen atoms in total. The van der Waals surface area contributed by atoms with E-state index in [9.17, 15) is 4.79 Å². The normalized spacial score (nSPS) is 32.0. The van der Waals surface area contributed by atoms with Gasteiger partial charge < -0.3 is 14.7 Å². The maximum absolute atomic E-state index is 12.1. The van der Waals surface area contributed by atoms with E-state index in [2.05, 4.69) is 6.92 Å². The number of aliphatic hydroxyl groups is 1.